The molecule has 1 atom stereocenters. The second-order valence-electron chi connectivity index (χ2n) is 7.83. The van der Waals surface area contributed by atoms with Crippen molar-refractivity contribution in [2.24, 2.45) is 0 Å². The maximum atomic E-state index is 14.7. The van der Waals surface area contributed by atoms with Gasteiger partial charge in [-0.05, 0) is 61.7 Å². The smallest absolute Gasteiger partial charge is 0.258 e. The zero-order chi connectivity index (χ0) is 27.7. The van der Waals surface area contributed by atoms with E-state index in [2.05, 4.69) is 21.4 Å². The lowest BCUT2D eigenvalue weighted by atomic mass is 10.1. The molecule has 194 valence electrons. The van der Waals surface area contributed by atoms with E-state index in [0.29, 0.717) is 58.5 Å². The first-order chi connectivity index (χ1) is 17.8. The first kappa shape index (κ1) is 29.0. The number of nitrogens with one attached hydrogen (secondary N) is 1. The molecule has 0 radical (unpaired) electrons. The van der Waals surface area contributed by atoms with Gasteiger partial charge in [0.15, 0.2) is 0 Å². The zero-order valence-corrected chi connectivity index (χ0v) is 20.9. The number of hydrogen-bond donors (Lipinski definition) is 1. The van der Waals surface area contributed by atoms with Crippen LogP contribution < -0.4 is 5.32 Å². The number of fused-ring (bicyclic) bond motifs is 1. The Bertz CT molecular complexity index is 1380. The Hall–Kier alpha value is -4.26. The van der Waals surface area contributed by atoms with E-state index in [1.165, 1.54) is 19.2 Å². The minimum Gasteiger partial charge on any atom is -0.375 e. The molecule has 0 aliphatic heterocycles. The van der Waals surface area contributed by atoms with E-state index in [0.717, 1.165) is 0 Å². The van der Waals surface area contributed by atoms with Crippen molar-refractivity contribution < 1.29 is 22.4 Å². The van der Waals surface area contributed by atoms with Crippen molar-refractivity contribution in [3.63, 3.8) is 0 Å². The molecule has 0 fully saturated rings. The highest BCUT2D eigenvalue weighted by atomic mass is 19.3. The third-order valence-electron chi connectivity index (χ3n) is 5.62. The van der Waals surface area contributed by atoms with Crippen LogP contribution >= 0.6 is 0 Å². The first-order valence-electron chi connectivity index (χ1n) is 11.2. The molecule has 37 heavy (non-hydrogen) atoms. The van der Waals surface area contributed by atoms with E-state index in [1.54, 1.807) is 42.0 Å². The Morgan fingerprint density at radius 1 is 1.16 bits per heavy atom. The number of rotatable bonds is 6. The summed E-state index contributed by atoms with van der Waals surface area (Å²) in [6.45, 7) is 7.03. The predicted molar refractivity (Wildman–Crippen MR) is 136 cm³/mol. The number of carbonyl (C=O) groups excluding carboxylic acids is 1. The first-order valence-corrected chi connectivity index (χ1v) is 11.2. The Morgan fingerprint density at radius 2 is 1.86 bits per heavy atom. The Labute approximate surface area is 212 Å². The summed E-state index contributed by atoms with van der Waals surface area (Å²) in [6.07, 6.45) is 1.08. The van der Waals surface area contributed by atoms with Crippen molar-refractivity contribution >= 4 is 23.4 Å². The van der Waals surface area contributed by atoms with Crippen LogP contribution in [0.1, 0.15) is 30.5 Å². The number of aryl methyl sites for hydroxylation is 2. The van der Waals surface area contributed by atoms with Gasteiger partial charge in [0.1, 0.15) is 24.5 Å². The average molecular weight is 514 g/mol. The highest BCUT2D eigenvalue weighted by Crippen LogP contribution is 2.37. The third kappa shape index (κ3) is 5.94. The molecule has 0 aliphatic rings. The van der Waals surface area contributed by atoms with Crippen molar-refractivity contribution in [3.05, 3.63) is 71.3 Å². The van der Waals surface area contributed by atoms with Crippen LogP contribution in [0.4, 0.5) is 23.2 Å². The molecule has 3 heterocycles. The molecule has 0 aliphatic carbocycles. The quantitative estimate of drug-likeness (QED) is 0.300. The molecule has 4 rings (SSSR count). The number of hydrogen-bond acceptors (Lipinski definition) is 5. The number of halogens is 4. The lowest BCUT2D eigenvalue weighted by Gasteiger charge is -2.17. The van der Waals surface area contributed by atoms with Crippen molar-refractivity contribution in [1.82, 2.24) is 14.5 Å². The van der Waals surface area contributed by atoms with Crippen LogP contribution in [0.2, 0.25) is 0 Å². The van der Waals surface area contributed by atoms with E-state index >= 15 is 0 Å². The molecule has 1 aromatic carbocycles. The van der Waals surface area contributed by atoms with Crippen LogP contribution in [-0.2, 0) is 11.2 Å². The molecule has 1 unspecified atom stereocenters. The summed E-state index contributed by atoms with van der Waals surface area (Å²) in [4.78, 5) is 16.9. The second kappa shape index (κ2) is 13.2. The van der Waals surface area contributed by atoms with E-state index in [-0.39, 0.29) is 11.4 Å². The summed E-state index contributed by atoms with van der Waals surface area (Å²) in [5.74, 6) is 0.177. The number of benzene rings is 1. The molecule has 0 amide bonds. The normalized spacial score (nSPS) is 11.1. The molecule has 0 saturated carbocycles. The van der Waals surface area contributed by atoms with Gasteiger partial charge < -0.3 is 10.1 Å². The monoisotopic (exact) mass is 513 g/mol. The topological polar surface area (TPSA) is 83.6 Å². The lowest BCUT2D eigenvalue weighted by Crippen LogP contribution is -2.24. The van der Waals surface area contributed by atoms with Crippen LogP contribution in [0.25, 0.3) is 28.1 Å². The molecule has 6 nitrogen and oxygen atoms in total. The maximum Gasteiger partial charge on any atom is 0.258 e. The summed E-state index contributed by atoms with van der Waals surface area (Å²) in [5.41, 5.74) is 3.53. The molecule has 0 spiro atoms. The fourth-order valence-electron chi connectivity index (χ4n) is 3.85. The van der Waals surface area contributed by atoms with Gasteiger partial charge in [-0.2, -0.15) is 5.26 Å². The minimum atomic E-state index is -2.52. The maximum absolute atomic E-state index is 14.7. The summed E-state index contributed by atoms with van der Waals surface area (Å²) in [5, 5.41) is 13.3. The van der Waals surface area contributed by atoms with Crippen molar-refractivity contribution in [2.75, 3.05) is 12.5 Å². The number of nitrogens with zero attached hydrogens (tertiary/aromatic N) is 4. The molecule has 4 aromatic rings. The zero-order valence-electron chi connectivity index (χ0n) is 20.9. The standard InChI is InChI=1S/C25H22F3N5.CH3F.CH2O/c1-4-16-10-22-17(11-19(16)26)18(12-29)24(33(22)23-7-5-6-8-30-23)20-9-14(2)21(13-31-20)32-15(3)25(27)28;2*1-2/h5-11,13,15,25,32H,4H2,1-3H3;1H3;1H2. The van der Waals surface area contributed by atoms with Crippen LogP contribution in [0.5, 0.6) is 0 Å². The van der Waals surface area contributed by atoms with Gasteiger partial charge in [0.2, 0.25) is 0 Å². The Kier molecular flexibility index (Phi) is 10.3. The van der Waals surface area contributed by atoms with Gasteiger partial charge >= 0.3 is 0 Å². The van der Waals surface area contributed by atoms with E-state index in [9.17, 15) is 22.8 Å². The van der Waals surface area contributed by atoms with Gasteiger partial charge in [0.25, 0.3) is 6.43 Å². The number of aromatic nitrogens is 3. The molecule has 1 N–H and O–H groups in total. The van der Waals surface area contributed by atoms with Crippen molar-refractivity contribution in [1.29, 1.82) is 5.26 Å². The third-order valence-corrected chi connectivity index (χ3v) is 5.62. The van der Waals surface area contributed by atoms with E-state index in [1.807, 2.05) is 19.8 Å². The Balaban J connectivity index is 0.00000115. The fourth-order valence-corrected chi connectivity index (χ4v) is 3.85. The summed E-state index contributed by atoms with van der Waals surface area (Å²) in [6, 6.07) is 11.4. The predicted octanol–water partition coefficient (Wildman–Crippen LogP) is 6.44. The summed E-state index contributed by atoms with van der Waals surface area (Å²) in [7, 11) is 0.500. The minimum absolute atomic E-state index is 0.269. The number of carbonyl (C=O) groups is 1. The SMILES string of the molecule is C=O.CCc1cc2c(cc1F)c(C#N)c(-c1cc(C)c(NC(C)C(F)F)cn1)n2-c1ccccn1.CF. The largest absolute Gasteiger partial charge is 0.375 e. The molecule has 3 aromatic heterocycles. The summed E-state index contributed by atoms with van der Waals surface area (Å²) < 4.78 is 51.9. The van der Waals surface area contributed by atoms with Crippen molar-refractivity contribution in [3.8, 4) is 23.3 Å². The lowest BCUT2D eigenvalue weighted by molar-refractivity contribution is -0.0980. The highest BCUT2D eigenvalue weighted by Gasteiger charge is 2.24. The number of nitriles is 1. The highest BCUT2D eigenvalue weighted by molar-refractivity contribution is 5.96. The molecular weight excluding hydrogens is 486 g/mol. The van der Waals surface area contributed by atoms with Crippen LogP contribution in [-0.4, -0.2) is 41.0 Å². The van der Waals surface area contributed by atoms with Gasteiger partial charge in [0, 0.05) is 11.6 Å². The molecule has 0 saturated heterocycles. The van der Waals surface area contributed by atoms with Gasteiger partial charge in [0.05, 0.1) is 47.6 Å². The van der Waals surface area contributed by atoms with Crippen LogP contribution in [0.3, 0.4) is 0 Å². The number of pyridine rings is 2. The molecular formula is C27H27F4N5O. The average Bonchev–Trinajstić information content (AvgIpc) is 3.24. The summed E-state index contributed by atoms with van der Waals surface area (Å²) >= 11 is 0. The second-order valence-corrected chi connectivity index (χ2v) is 7.83. The van der Waals surface area contributed by atoms with E-state index < -0.39 is 12.5 Å². The molecule has 10 heteroatoms. The van der Waals surface area contributed by atoms with Gasteiger partial charge in [-0.3, -0.25) is 13.9 Å². The number of anilines is 1. The fraction of sp³-hybridized carbons (Fsp3) is 0.259. The van der Waals surface area contributed by atoms with Gasteiger partial charge in [-0.15, -0.1) is 0 Å². The van der Waals surface area contributed by atoms with Gasteiger partial charge in [-0.1, -0.05) is 13.0 Å². The molecule has 0 bridgehead atoms. The number of alkyl halides is 3. The van der Waals surface area contributed by atoms with Crippen LogP contribution in [0.15, 0.2) is 48.8 Å². The Morgan fingerprint density at radius 3 is 2.41 bits per heavy atom. The van der Waals surface area contributed by atoms with E-state index in [4.69, 9.17) is 4.79 Å². The van der Waals surface area contributed by atoms with Crippen molar-refractivity contribution in [2.45, 2.75) is 39.7 Å². The van der Waals surface area contributed by atoms with Gasteiger partial charge in [-0.25, -0.2) is 18.2 Å². The van der Waals surface area contributed by atoms with Crippen LogP contribution in [0, 0.1) is 24.1 Å².